The molecule has 0 aliphatic heterocycles. The first-order valence-corrected chi connectivity index (χ1v) is 5.33. The first-order valence-electron chi connectivity index (χ1n) is 5.33. The zero-order valence-electron chi connectivity index (χ0n) is 10.2. The Balaban J connectivity index is 3.21. The molecule has 1 aliphatic rings. The average Bonchev–Trinajstić information content (AvgIpc) is 2.10. The van der Waals surface area contributed by atoms with Gasteiger partial charge in [0.15, 0.2) is 11.6 Å². The summed E-state index contributed by atoms with van der Waals surface area (Å²) in [4.78, 5) is 22.4. The minimum absolute atomic E-state index is 0.0170. The highest BCUT2D eigenvalue weighted by molar-refractivity contribution is 5.93. The topological polar surface area (TPSA) is 54.4 Å². The SMILES string of the molecule is CC(=O)/C=C\C1(O)C(C)=CC(=O)CC1(C)C. The van der Waals surface area contributed by atoms with E-state index < -0.39 is 11.0 Å². The van der Waals surface area contributed by atoms with Gasteiger partial charge in [0.1, 0.15) is 5.60 Å². The number of allylic oxidation sites excluding steroid dienone is 2. The summed E-state index contributed by atoms with van der Waals surface area (Å²) >= 11 is 0. The van der Waals surface area contributed by atoms with Crippen LogP contribution >= 0.6 is 0 Å². The van der Waals surface area contributed by atoms with E-state index >= 15 is 0 Å². The van der Waals surface area contributed by atoms with Gasteiger partial charge in [-0.15, -0.1) is 0 Å². The number of carbonyl (C=O) groups excluding carboxylic acids is 2. The lowest BCUT2D eigenvalue weighted by atomic mass is 9.64. The van der Waals surface area contributed by atoms with E-state index in [4.69, 9.17) is 0 Å². The van der Waals surface area contributed by atoms with Crippen molar-refractivity contribution in [1.29, 1.82) is 0 Å². The molecule has 0 aromatic rings. The van der Waals surface area contributed by atoms with Crippen molar-refractivity contribution >= 4 is 11.6 Å². The molecular weight excluding hydrogens is 204 g/mol. The van der Waals surface area contributed by atoms with Crippen LogP contribution < -0.4 is 0 Å². The lowest BCUT2D eigenvalue weighted by molar-refractivity contribution is -0.121. The maximum Gasteiger partial charge on any atom is 0.156 e. The van der Waals surface area contributed by atoms with Crippen LogP contribution in [-0.4, -0.2) is 22.3 Å². The van der Waals surface area contributed by atoms with Crippen molar-refractivity contribution in [3.63, 3.8) is 0 Å². The highest BCUT2D eigenvalue weighted by Gasteiger charge is 2.46. The second kappa shape index (κ2) is 3.98. The number of ketones is 2. The molecule has 1 aliphatic carbocycles. The van der Waals surface area contributed by atoms with Crippen molar-refractivity contribution in [1.82, 2.24) is 0 Å². The first kappa shape index (κ1) is 12.8. The van der Waals surface area contributed by atoms with Crippen LogP contribution in [0.4, 0.5) is 0 Å². The minimum atomic E-state index is -1.22. The van der Waals surface area contributed by atoms with Crippen molar-refractivity contribution in [3.05, 3.63) is 23.8 Å². The van der Waals surface area contributed by atoms with E-state index in [2.05, 4.69) is 0 Å². The van der Waals surface area contributed by atoms with E-state index in [9.17, 15) is 14.7 Å². The molecule has 1 atom stereocenters. The lowest BCUT2D eigenvalue weighted by Gasteiger charge is -2.43. The highest BCUT2D eigenvalue weighted by atomic mass is 16.3. The Hall–Kier alpha value is -1.22. The smallest absolute Gasteiger partial charge is 0.156 e. The minimum Gasteiger partial charge on any atom is -0.381 e. The van der Waals surface area contributed by atoms with Gasteiger partial charge in [-0.3, -0.25) is 9.59 Å². The van der Waals surface area contributed by atoms with Crippen molar-refractivity contribution in [2.75, 3.05) is 0 Å². The van der Waals surface area contributed by atoms with Gasteiger partial charge in [0, 0.05) is 11.8 Å². The Kier molecular flexibility index (Phi) is 3.20. The third-order valence-corrected chi connectivity index (χ3v) is 3.19. The normalized spacial score (nSPS) is 29.3. The Morgan fingerprint density at radius 1 is 1.50 bits per heavy atom. The Morgan fingerprint density at radius 3 is 2.50 bits per heavy atom. The number of carbonyl (C=O) groups is 2. The molecule has 0 radical (unpaired) electrons. The van der Waals surface area contributed by atoms with Crippen LogP contribution in [0.2, 0.25) is 0 Å². The van der Waals surface area contributed by atoms with Crippen molar-refractivity contribution in [2.45, 2.75) is 39.7 Å². The summed E-state index contributed by atoms with van der Waals surface area (Å²) in [6.07, 6.45) is 4.58. The second-order valence-electron chi connectivity index (χ2n) is 5.06. The fourth-order valence-corrected chi connectivity index (χ4v) is 2.10. The fraction of sp³-hybridized carbons (Fsp3) is 0.538. The molecule has 0 amide bonds. The summed E-state index contributed by atoms with van der Waals surface area (Å²) in [6, 6.07) is 0. The standard InChI is InChI=1S/C13H18O3/c1-9-7-11(15)8-12(3,4)13(9,16)6-5-10(2)14/h5-7,16H,8H2,1-4H3/b6-5-. The predicted molar refractivity (Wildman–Crippen MR) is 61.9 cm³/mol. The predicted octanol–water partition coefficient (Wildman–Crippen LogP) is 1.81. The summed E-state index contributed by atoms with van der Waals surface area (Å²) in [6.45, 7) is 6.79. The molecule has 0 aromatic heterocycles. The molecule has 0 spiro atoms. The Labute approximate surface area is 95.9 Å². The average molecular weight is 222 g/mol. The molecule has 1 unspecified atom stereocenters. The van der Waals surface area contributed by atoms with Crippen LogP contribution in [0.1, 0.15) is 34.1 Å². The van der Waals surface area contributed by atoms with Crippen molar-refractivity contribution in [2.24, 2.45) is 5.41 Å². The molecule has 3 nitrogen and oxygen atoms in total. The van der Waals surface area contributed by atoms with E-state index in [1.54, 1.807) is 6.92 Å². The molecule has 0 fully saturated rings. The molecule has 1 rings (SSSR count). The quantitative estimate of drug-likeness (QED) is 0.725. The van der Waals surface area contributed by atoms with Crippen LogP contribution in [0, 0.1) is 5.41 Å². The number of hydrogen-bond acceptors (Lipinski definition) is 3. The summed E-state index contributed by atoms with van der Waals surface area (Å²) in [5.41, 5.74) is -1.21. The van der Waals surface area contributed by atoms with Crippen LogP contribution in [0.15, 0.2) is 23.8 Å². The second-order valence-corrected chi connectivity index (χ2v) is 5.06. The van der Waals surface area contributed by atoms with Crippen molar-refractivity contribution in [3.8, 4) is 0 Å². The summed E-state index contributed by atoms with van der Waals surface area (Å²) in [5.74, 6) is -0.0997. The van der Waals surface area contributed by atoms with Gasteiger partial charge in [0.05, 0.1) is 0 Å². The summed E-state index contributed by atoms with van der Waals surface area (Å²) in [7, 11) is 0. The summed E-state index contributed by atoms with van der Waals surface area (Å²) in [5, 5.41) is 10.6. The van der Waals surface area contributed by atoms with Gasteiger partial charge in [-0.05, 0) is 37.6 Å². The molecule has 0 bridgehead atoms. The van der Waals surface area contributed by atoms with Gasteiger partial charge < -0.3 is 5.11 Å². The van der Waals surface area contributed by atoms with Gasteiger partial charge in [-0.1, -0.05) is 13.8 Å². The monoisotopic (exact) mass is 222 g/mol. The fourth-order valence-electron chi connectivity index (χ4n) is 2.10. The largest absolute Gasteiger partial charge is 0.381 e. The molecule has 0 aromatic carbocycles. The first-order chi connectivity index (χ1) is 7.19. The van der Waals surface area contributed by atoms with E-state index in [0.717, 1.165) is 0 Å². The van der Waals surface area contributed by atoms with Crippen molar-refractivity contribution < 1.29 is 14.7 Å². The number of hydrogen-bond donors (Lipinski definition) is 1. The van der Waals surface area contributed by atoms with E-state index in [-0.39, 0.29) is 18.0 Å². The van der Waals surface area contributed by atoms with Crippen LogP contribution in [0.5, 0.6) is 0 Å². The molecule has 0 saturated heterocycles. The molecule has 0 heterocycles. The number of rotatable bonds is 2. The third kappa shape index (κ3) is 2.14. The molecular formula is C13H18O3. The van der Waals surface area contributed by atoms with Gasteiger partial charge in [0.2, 0.25) is 0 Å². The van der Waals surface area contributed by atoms with E-state index in [1.165, 1.54) is 25.2 Å². The van der Waals surface area contributed by atoms with Gasteiger partial charge in [0.25, 0.3) is 0 Å². The highest BCUT2D eigenvalue weighted by Crippen LogP contribution is 2.43. The molecule has 16 heavy (non-hydrogen) atoms. The molecule has 1 N–H and O–H groups in total. The molecule has 88 valence electrons. The van der Waals surface area contributed by atoms with Gasteiger partial charge in [-0.25, -0.2) is 0 Å². The number of aliphatic hydroxyl groups is 1. The van der Waals surface area contributed by atoms with E-state index in [0.29, 0.717) is 5.57 Å². The maximum atomic E-state index is 11.4. The van der Waals surface area contributed by atoms with Gasteiger partial charge >= 0.3 is 0 Å². The summed E-state index contributed by atoms with van der Waals surface area (Å²) < 4.78 is 0. The Bertz CT molecular complexity index is 388. The zero-order valence-corrected chi connectivity index (χ0v) is 10.2. The Morgan fingerprint density at radius 2 is 2.06 bits per heavy atom. The molecule has 0 saturated carbocycles. The maximum absolute atomic E-state index is 11.4. The van der Waals surface area contributed by atoms with Crippen LogP contribution in [0.25, 0.3) is 0 Å². The van der Waals surface area contributed by atoms with Gasteiger partial charge in [-0.2, -0.15) is 0 Å². The third-order valence-electron chi connectivity index (χ3n) is 3.19. The van der Waals surface area contributed by atoms with E-state index in [1.807, 2.05) is 13.8 Å². The molecule has 3 heteroatoms. The lowest BCUT2D eigenvalue weighted by Crippen LogP contribution is -2.48. The van der Waals surface area contributed by atoms with Crippen LogP contribution in [-0.2, 0) is 9.59 Å². The van der Waals surface area contributed by atoms with Crippen LogP contribution in [0.3, 0.4) is 0 Å². The zero-order chi connectivity index (χ0) is 12.6.